The molecule has 1 aliphatic rings. The van der Waals surface area contributed by atoms with Gasteiger partial charge in [-0.15, -0.1) is 0 Å². The molecular formula is C24H29N3O4. The second kappa shape index (κ2) is 9.85. The summed E-state index contributed by atoms with van der Waals surface area (Å²) >= 11 is 0. The lowest BCUT2D eigenvalue weighted by molar-refractivity contribution is -0.153. The number of nitrogens with one attached hydrogen (secondary N) is 2. The highest BCUT2D eigenvalue weighted by atomic mass is 16.5. The van der Waals surface area contributed by atoms with Crippen LogP contribution in [0.5, 0.6) is 0 Å². The van der Waals surface area contributed by atoms with Gasteiger partial charge in [-0.05, 0) is 54.2 Å². The third kappa shape index (κ3) is 5.37. The first-order chi connectivity index (χ1) is 14.8. The Morgan fingerprint density at radius 2 is 1.90 bits per heavy atom. The van der Waals surface area contributed by atoms with Crippen LogP contribution in [0, 0.1) is 11.3 Å². The van der Waals surface area contributed by atoms with Crippen molar-refractivity contribution in [2.24, 2.45) is 11.7 Å². The number of aliphatic hydroxyl groups excluding tert-OH is 1. The third-order valence-electron chi connectivity index (χ3n) is 5.41. The van der Waals surface area contributed by atoms with Crippen LogP contribution in [0.3, 0.4) is 0 Å². The van der Waals surface area contributed by atoms with E-state index in [1.54, 1.807) is 24.3 Å². The normalized spacial score (nSPS) is 19.8. The number of carbonyl (C=O) groups is 2. The van der Waals surface area contributed by atoms with Crippen LogP contribution < -0.4 is 11.1 Å². The number of ether oxygens (including phenoxy) is 1. The molecule has 7 heteroatoms. The van der Waals surface area contributed by atoms with Crippen LogP contribution in [-0.4, -0.2) is 41.4 Å². The Balaban J connectivity index is 1.73. The van der Waals surface area contributed by atoms with E-state index in [9.17, 15) is 14.7 Å². The summed E-state index contributed by atoms with van der Waals surface area (Å²) in [6.45, 7) is 4.54. The van der Waals surface area contributed by atoms with E-state index in [1.165, 1.54) is 0 Å². The molecule has 2 aromatic carbocycles. The van der Waals surface area contributed by atoms with E-state index in [1.807, 2.05) is 24.3 Å². The van der Waals surface area contributed by atoms with Crippen LogP contribution in [-0.2, 0) is 20.7 Å². The average Bonchev–Trinajstić information content (AvgIpc) is 2.74. The second-order valence-electron chi connectivity index (χ2n) is 8.26. The minimum absolute atomic E-state index is 0.0806. The summed E-state index contributed by atoms with van der Waals surface area (Å²) in [5, 5.41) is 20.6. The fraction of sp³-hybridized carbons (Fsp3) is 0.375. The molecule has 0 aromatic heterocycles. The molecule has 3 atom stereocenters. The van der Waals surface area contributed by atoms with Crippen molar-refractivity contribution in [2.45, 2.75) is 44.8 Å². The zero-order valence-electron chi connectivity index (χ0n) is 17.8. The minimum Gasteiger partial charge on any atom is -0.384 e. The minimum atomic E-state index is -1.62. The van der Waals surface area contributed by atoms with E-state index in [2.05, 4.69) is 19.2 Å². The summed E-state index contributed by atoms with van der Waals surface area (Å²) in [6.07, 6.45) is -1.47. The molecule has 1 unspecified atom stereocenters. The number of anilines is 1. The van der Waals surface area contributed by atoms with E-state index < -0.39 is 24.0 Å². The number of nitrogens with two attached hydrogens (primary N) is 1. The van der Waals surface area contributed by atoms with Crippen molar-refractivity contribution in [1.29, 1.82) is 5.41 Å². The molecule has 1 aliphatic heterocycles. The molecule has 5 N–H and O–H groups in total. The predicted octanol–water partition coefficient (Wildman–Crippen LogP) is 2.61. The lowest BCUT2D eigenvalue weighted by Crippen LogP contribution is -2.49. The molecule has 0 radical (unpaired) electrons. The van der Waals surface area contributed by atoms with Crippen molar-refractivity contribution >= 4 is 23.2 Å². The zero-order chi connectivity index (χ0) is 22.5. The number of amides is 1. The van der Waals surface area contributed by atoms with Gasteiger partial charge in [-0.1, -0.05) is 38.1 Å². The molecule has 1 fully saturated rings. The maximum atomic E-state index is 13.2. The molecule has 0 spiro atoms. The van der Waals surface area contributed by atoms with E-state index in [4.69, 9.17) is 15.9 Å². The number of amidine groups is 1. The summed E-state index contributed by atoms with van der Waals surface area (Å²) in [4.78, 5) is 25.8. The molecule has 7 nitrogen and oxygen atoms in total. The monoisotopic (exact) mass is 423 g/mol. The summed E-state index contributed by atoms with van der Waals surface area (Å²) in [7, 11) is 0. The summed E-state index contributed by atoms with van der Waals surface area (Å²) < 4.78 is 5.53. The van der Waals surface area contributed by atoms with Gasteiger partial charge in [0, 0.05) is 23.8 Å². The molecule has 0 saturated carbocycles. The number of benzene rings is 2. The van der Waals surface area contributed by atoms with Crippen molar-refractivity contribution < 1.29 is 19.4 Å². The van der Waals surface area contributed by atoms with E-state index in [0.717, 1.165) is 17.5 Å². The fourth-order valence-corrected chi connectivity index (χ4v) is 3.88. The first kappa shape index (κ1) is 22.7. The van der Waals surface area contributed by atoms with Crippen LogP contribution in [0.25, 0.3) is 0 Å². The Labute approximate surface area is 182 Å². The number of ketones is 1. The van der Waals surface area contributed by atoms with Gasteiger partial charge < -0.3 is 20.9 Å². The van der Waals surface area contributed by atoms with Gasteiger partial charge in [0.25, 0.3) is 5.91 Å². The third-order valence-corrected chi connectivity index (χ3v) is 5.41. The van der Waals surface area contributed by atoms with Crippen LogP contribution in [0.15, 0.2) is 48.5 Å². The van der Waals surface area contributed by atoms with Gasteiger partial charge in [0.2, 0.25) is 0 Å². The summed E-state index contributed by atoms with van der Waals surface area (Å²) in [5.74, 6) is -1.05. The largest absolute Gasteiger partial charge is 0.384 e. The molecular weight excluding hydrogens is 394 g/mol. The molecule has 1 saturated heterocycles. The molecule has 0 aliphatic carbocycles. The Morgan fingerprint density at radius 3 is 2.55 bits per heavy atom. The highest BCUT2D eigenvalue weighted by molar-refractivity contribution is 6.01. The molecule has 1 amide bonds. The van der Waals surface area contributed by atoms with Gasteiger partial charge in [0.15, 0.2) is 18.0 Å². The van der Waals surface area contributed by atoms with Gasteiger partial charge in [0.05, 0.1) is 0 Å². The lowest BCUT2D eigenvalue weighted by atomic mass is 9.82. The molecule has 0 bridgehead atoms. The van der Waals surface area contributed by atoms with Gasteiger partial charge >= 0.3 is 0 Å². The van der Waals surface area contributed by atoms with Gasteiger partial charge in [-0.25, -0.2) is 0 Å². The second-order valence-corrected chi connectivity index (χ2v) is 8.26. The SMILES string of the molecule is CC(C)Cc1ccccc1C1CCO[C@H]([C@@H](O)C(=O)Nc2ccc(C(=N)N)cc2)C1=O. The van der Waals surface area contributed by atoms with Crippen molar-refractivity contribution in [2.75, 3.05) is 11.9 Å². The van der Waals surface area contributed by atoms with Crippen molar-refractivity contribution in [1.82, 2.24) is 0 Å². The number of Topliss-reactive ketones (excluding diaryl/α,β-unsaturated/α-hetero) is 1. The lowest BCUT2D eigenvalue weighted by Gasteiger charge is -2.32. The fourth-order valence-electron chi connectivity index (χ4n) is 3.88. The van der Waals surface area contributed by atoms with Gasteiger partial charge in [0.1, 0.15) is 5.84 Å². The summed E-state index contributed by atoms with van der Waals surface area (Å²) in [6, 6.07) is 14.2. The van der Waals surface area contributed by atoms with Crippen molar-refractivity contribution in [3.63, 3.8) is 0 Å². The Bertz CT molecular complexity index is 956. The quantitative estimate of drug-likeness (QED) is 0.402. The highest BCUT2D eigenvalue weighted by Gasteiger charge is 2.41. The first-order valence-corrected chi connectivity index (χ1v) is 10.4. The van der Waals surface area contributed by atoms with Crippen LogP contribution in [0.4, 0.5) is 5.69 Å². The maximum absolute atomic E-state index is 13.2. The number of aliphatic hydroxyl groups is 1. The number of rotatable bonds is 7. The van der Waals surface area contributed by atoms with Crippen LogP contribution >= 0.6 is 0 Å². The molecule has 2 aromatic rings. The molecule has 1 heterocycles. The first-order valence-electron chi connectivity index (χ1n) is 10.4. The smallest absolute Gasteiger partial charge is 0.256 e. The Hall–Kier alpha value is -3.03. The number of carbonyl (C=O) groups excluding carboxylic acids is 2. The van der Waals surface area contributed by atoms with E-state index >= 15 is 0 Å². The molecule has 3 rings (SSSR count). The van der Waals surface area contributed by atoms with E-state index in [-0.39, 0.29) is 18.2 Å². The number of hydrogen-bond acceptors (Lipinski definition) is 5. The molecule has 164 valence electrons. The topological polar surface area (TPSA) is 126 Å². The zero-order valence-corrected chi connectivity index (χ0v) is 17.8. The van der Waals surface area contributed by atoms with Crippen molar-refractivity contribution in [3.8, 4) is 0 Å². The van der Waals surface area contributed by atoms with Crippen LogP contribution in [0.2, 0.25) is 0 Å². The number of nitrogen functional groups attached to an aromatic ring is 1. The number of hydrogen-bond donors (Lipinski definition) is 4. The summed E-state index contributed by atoms with van der Waals surface area (Å²) in [5.41, 5.74) is 8.43. The Kier molecular flexibility index (Phi) is 7.20. The van der Waals surface area contributed by atoms with Crippen molar-refractivity contribution in [3.05, 3.63) is 65.2 Å². The van der Waals surface area contributed by atoms with E-state index in [0.29, 0.717) is 23.6 Å². The standard InChI is InChI=1S/C24H29N3O4/c1-14(2)13-16-5-3-4-6-18(16)19-11-12-31-22(20(19)28)21(29)24(30)27-17-9-7-15(8-10-17)23(25)26/h3-10,14,19,21-22,29H,11-13H2,1-2H3,(H3,25,26)(H,27,30)/t19?,21-,22+/m1/s1. The maximum Gasteiger partial charge on any atom is 0.256 e. The predicted molar refractivity (Wildman–Crippen MR) is 119 cm³/mol. The molecule has 31 heavy (non-hydrogen) atoms. The average molecular weight is 424 g/mol. The van der Waals surface area contributed by atoms with Gasteiger partial charge in [-0.2, -0.15) is 0 Å². The van der Waals surface area contributed by atoms with Gasteiger partial charge in [-0.3, -0.25) is 15.0 Å². The highest BCUT2D eigenvalue weighted by Crippen LogP contribution is 2.32. The van der Waals surface area contributed by atoms with Crippen LogP contribution in [0.1, 0.15) is 42.9 Å². The Morgan fingerprint density at radius 1 is 1.23 bits per heavy atom.